The quantitative estimate of drug-likeness (QED) is 0.798. The molecule has 1 aromatic carbocycles. The van der Waals surface area contributed by atoms with Gasteiger partial charge in [-0.25, -0.2) is 4.98 Å². The number of aryl methyl sites for hydroxylation is 1. The SMILES string of the molecule is CCc1ccc(-n2cncc2Cl)cc1C1C(=O)C2CCC(C2)C1=O. The highest BCUT2D eigenvalue weighted by atomic mass is 35.5. The lowest BCUT2D eigenvalue weighted by Crippen LogP contribution is -2.35. The van der Waals surface area contributed by atoms with Crippen LogP contribution in [0.5, 0.6) is 0 Å². The van der Waals surface area contributed by atoms with E-state index in [4.69, 9.17) is 11.6 Å². The summed E-state index contributed by atoms with van der Waals surface area (Å²) >= 11 is 6.17. The van der Waals surface area contributed by atoms with E-state index in [0.717, 1.165) is 42.5 Å². The molecule has 0 amide bonds. The molecule has 24 heavy (non-hydrogen) atoms. The van der Waals surface area contributed by atoms with Gasteiger partial charge >= 0.3 is 0 Å². The van der Waals surface area contributed by atoms with Crippen LogP contribution in [0, 0.1) is 11.8 Å². The largest absolute Gasteiger partial charge is 0.298 e. The molecule has 0 spiro atoms. The van der Waals surface area contributed by atoms with Crippen molar-refractivity contribution < 1.29 is 9.59 Å². The van der Waals surface area contributed by atoms with Crippen molar-refractivity contribution in [1.82, 2.24) is 9.55 Å². The van der Waals surface area contributed by atoms with Gasteiger partial charge in [0.05, 0.1) is 6.20 Å². The molecule has 0 saturated heterocycles. The Kier molecular flexibility index (Phi) is 3.80. The second-order valence-corrected chi connectivity index (χ2v) is 7.15. The molecule has 2 saturated carbocycles. The zero-order valence-electron chi connectivity index (χ0n) is 13.5. The summed E-state index contributed by atoms with van der Waals surface area (Å²) in [7, 11) is 0. The Morgan fingerprint density at radius 2 is 1.92 bits per heavy atom. The monoisotopic (exact) mass is 342 g/mol. The van der Waals surface area contributed by atoms with Crippen LogP contribution in [0.3, 0.4) is 0 Å². The number of Topliss-reactive ketones (excluding diaryl/α,β-unsaturated/α-hetero) is 2. The van der Waals surface area contributed by atoms with Crippen LogP contribution in [-0.2, 0) is 16.0 Å². The van der Waals surface area contributed by atoms with Crippen molar-refractivity contribution >= 4 is 23.2 Å². The fourth-order valence-electron chi connectivity index (χ4n) is 4.21. The highest BCUT2D eigenvalue weighted by molar-refractivity contribution is 6.29. The lowest BCUT2D eigenvalue weighted by atomic mass is 9.74. The third kappa shape index (κ3) is 2.32. The number of carbonyl (C=O) groups excluding carboxylic acids is 2. The first kappa shape index (κ1) is 15.6. The topological polar surface area (TPSA) is 52.0 Å². The number of rotatable bonds is 3. The summed E-state index contributed by atoms with van der Waals surface area (Å²) in [5.41, 5.74) is 2.75. The molecule has 2 aliphatic carbocycles. The second kappa shape index (κ2) is 5.85. The Bertz CT molecular complexity index is 805. The molecular weight excluding hydrogens is 324 g/mol. The van der Waals surface area contributed by atoms with Gasteiger partial charge in [0.2, 0.25) is 0 Å². The normalized spacial score (nSPS) is 26.2. The highest BCUT2D eigenvalue weighted by Gasteiger charge is 2.47. The average Bonchev–Trinajstić information content (AvgIpc) is 3.21. The summed E-state index contributed by atoms with van der Waals surface area (Å²) < 4.78 is 1.76. The van der Waals surface area contributed by atoms with Gasteiger partial charge in [-0.2, -0.15) is 0 Å². The van der Waals surface area contributed by atoms with Gasteiger partial charge in [0, 0.05) is 17.5 Å². The minimum absolute atomic E-state index is 0.0582. The van der Waals surface area contributed by atoms with E-state index in [9.17, 15) is 9.59 Å². The number of imidazole rings is 1. The molecule has 0 radical (unpaired) electrons. The molecule has 2 aliphatic rings. The Morgan fingerprint density at radius 3 is 2.50 bits per heavy atom. The Labute approximate surface area is 145 Å². The van der Waals surface area contributed by atoms with E-state index < -0.39 is 5.92 Å². The van der Waals surface area contributed by atoms with E-state index >= 15 is 0 Å². The summed E-state index contributed by atoms with van der Waals surface area (Å²) in [6, 6.07) is 5.90. The molecule has 2 bridgehead atoms. The van der Waals surface area contributed by atoms with E-state index in [2.05, 4.69) is 11.9 Å². The zero-order chi connectivity index (χ0) is 16.8. The van der Waals surface area contributed by atoms with Gasteiger partial charge in [0.1, 0.15) is 17.4 Å². The zero-order valence-corrected chi connectivity index (χ0v) is 14.3. The predicted octanol–water partition coefficient (Wildman–Crippen LogP) is 3.74. The molecule has 124 valence electrons. The molecule has 4 rings (SSSR count). The van der Waals surface area contributed by atoms with Gasteiger partial charge in [-0.1, -0.05) is 24.6 Å². The van der Waals surface area contributed by atoms with Crippen molar-refractivity contribution in [2.45, 2.75) is 38.5 Å². The van der Waals surface area contributed by atoms with Crippen molar-refractivity contribution in [3.63, 3.8) is 0 Å². The summed E-state index contributed by atoms with van der Waals surface area (Å²) in [5.74, 6) is -0.270. The van der Waals surface area contributed by atoms with E-state index in [1.807, 2.05) is 18.2 Å². The minimum Gasteiger partial charge on any atom is -0.298 e. The number of fused-ring (bicyclic) bond motifs is 2. The van der Waals surface area contributed by atoms with Crippen LogP contribution in [0.1, 0.15) is 43.2 Å². The number of nitrogens with zero attached hydrogens (tertiary/aromatic N) is 2. The van der Waals surface area contributed by atoms with E-state index in [1.165, 1.54) is 0 Å². The Morgan fingerprint density at radius 1 is 1.21 bits per heavy atom. The average molecular weight is 343 g/mol. The van der Waals surface area contributed by atoms with Gasteiger partial charge in [0.25, 0.3) is 0 Å². The molecule has 2 fully saturated rings. The van der Waals surface area contributed by atoms with Crippen molar-refractivity contribution in [2.24, 2.45) is 11.8 Å². The lowest BCUT2D eigenvalue weighted by molar-refractivity contribution is -0.135. The Balaban J connectivity index is 1.83. The summed E-state index contributed by atoms with van der Waals surface area (Å²) in [6.07, 6.45) is 6.48. The summed E-state index contributed by atoms with van der Waals surface area (Å²) in [5, 5.41) is 0.506. The fourth-order valence-corrected chi connectivity index (χ4v) is 4.41. The number of halogens is 1. The van der Waals surface area contributed by atoms with Crippen molar-refractivity contribution in [2.75, 3.05) is 0 Å². The van der Waals surface area contributed by atoms with Crippen LogP contribution in [-0.4, -0.2) is 21.1 Å². The summed E-state index contributed by atoms with van der Waals surface area (Å²) in [4.78, 5) is 29.8. The van der Waals surface area contributed by atoms with E-state index in [0.29, 0.717) is 5.15 Å². The predicted molar refractivity (Wildman–Crippen MR) is 91.5 cm³/mol. The number of hydrogen-bond acceptors (Lipinski definition) is 3. The van der Waals surface area contributed by atoms with Crippen molar-refractivity contribution in [3.05, 3.63) is 47.0 Å². The van der Waals surface area contributed by atoms with Crippen molar-refractivity contribution in [1.29, 1.82) is 0 Å². The van der Waals surface area contributed by atoms with Crippen LogP contribution >= 0.6 is 11.6 Å². The maximum Gasteiger partial charge on any atom is 0.150 e. The minimum atomic E-state index is -0.603. The van der Waals surface area contributed by atoms with E-state index in [1.54, 1.807) is 17.1 Å². The smallest absolute Gasteiger partial charge is 0.150 e. The third-order valence-electron chi connectivity index (χ3n) is 5.50. The number of hydrogen-bond donors (Lipinski definition) is 0. The summed E-state index contributed by atoms with van der Waals surface area (Å²) in [6.45, 7) is 2.05. The van der Waals surface area contributed by atoms with Crippen LogP contribution < -0.4 is 0 Å². The second-order valence-electron chi connectivity index (χ2n) is 6.77. The molecule has 1 aromatic heterocycles. The van der Waals surface area contributed by atoms with Crippen LogP contribution in [0.2, 0.25) is 5.15 Å². The van der Waals surface area contributed by atoms with Crippen LogP contribution in [0.25, 0.3) is 5.69 Å². The highest BCUT2D eigenvalue weighted by Crippen LogP contribution is 2.44. The number of benzene rings is 1. The first-order valence-electron chi connectivity index (χ1n) is 8.48. The van der Waals surface area contributed by atoms with Gasteiger partial charge in [-0.3, -0.25) is 14.2 Å². The molecule has 2 atom stereocenters. The molecule has 0 aliphatic heterocycles. The lowest BCUT2D eigenvalue weighted by Gasteiger charge is -2.27. The van der Waals surface area contributed by atoms with Gasteiger partial charge < -0.3 is 0 Å². The molecule has 5 heteroatoms. The maximum absolute atomic E-state index is 12.9. The Hall–Kier alpha value is -1.94. The fraction of sp³-hybridized carbons (Fsp3) is 0.421. The number of carbonyl (C=O) groups is 2. The first-order valence-corrected chi connectivity index (χ1v) is 8.86. The molecule has 1 heterocycles. The van der Waals surface area contributed by atoms with Gasteiger partial charge in [-0.15, -0.1) is 0 Å². The third-order valence-corrected chi connectivity index (χ3v) is 5.78. The molecular formula is C19H19ClN2O2. The molecule has 0 N–H and O–H groups in total. The van der Waals surface area contributed by atoms with Crippen LogP contribution in [0.4, 0.5) is 0 Å². The van der Waals surface area contributed by atoms with E-state index in [-0.39, 0.29) is 23.4 Å². The molecule has 4 nitrogen and oxygen atoms in total. The molecule has 2 unspecified atom stereocenters. The molecule has 2 aromatic rings. The maximum atomic E-state index is 12.9. The number of ketones is 2. The van der Waals surface area contributed by atoms with Gasteiger partial charge in [0.15, 0.2) is 11.6 Å². The van der Waals surface area contributed by atoms with Gasteiger partial charge in [-0.05, 0) is 48.9 Å². The number of aromatic nitrogens is 2. The van der Waals surface area contributed by atoms with Crippen LogP contribution in [0.15, 0.2) is 30.7 Å². The standard InChI is InChI=1S/C19H19ClN2O2/c1-2-11-5-6-14(22-10-21-9-16(22)20)8-15(11)17-18(23)12-3-4-13(7-12)19(17)24/h5-6,8-10,12-13,17H,2-4,7H2,1H3. The van der Waals surface area contributed by atoms with Crippen molar-refractivity contribution in [3.8, 4) is 5.69 Å². The first-order chi connectivity index (χ1) is 11.6.